The number of aromatic amines is 1. The fourth-order valence-electron chi connectivity index (χ4n) is 3.72. The van der Waals surface area contributed by atoms with E-state index in [-0.39, 0.29) is 61.0 Å². The van der Waals surface area contributed by atoms with Gasteiger partial charge in [0.2, 0.25) is 0 Å². The number of rotatable bonds is 9. The number of hydrogen-bond acceptors (Lipinski definition) is 7. The number of amidine groups is 1. The van der Waals surface area contributed by atoms with Gasteiger partial charge >= 0.3 is 5.69 Å². The molecule has 4 aromatic rings. The summed E-state index contributed by atoms with van der Waals surface area (Å²) in [5, 5.41) is 21.1. The Balaban J connectivity index is 0.00000361. The fraction of sp³-hybridized carbons (Fsp3) is 0.208. The minimum Gasteiger partial charge on any atom is -0.488 e. The van der Waals surface area contributed by atoms with Crippen molar-refractivity contribution in [3.8, 4) is 11.7 Å². The van der Waals surface area contributed by atoms with E-state index in [9.17, 15) is 4.79 Å². The Morgan fingerprint density at radius 1 is 1.25 bits per heavy atom. The second-order valence-corrected chi connectivity index (χ2v) is 7.88. The van der Waals surface area contributed by atoms with Crippen LogP contribution in [0.1, 0.15) is 34.0 Å². The highest BCUT2D eigenvalue weighted by Gasteiger charge is 2.26. The minimum atomic E-state index is -0.702. The number of hydrogen-bond donors (Lipinski definition) is 4. The maximum absolute atomic E-state index is 15.6. The molecule has 0 unspecified atom stereocenters. The Kier molecular flexibility index (Phi) is 8.51. The molecule has 0 aliphatic rings. The van der Waals surface area contributed by atoms with Crippen molar-refractivity contribution in [3.63, 3.8) is 0 Å². The van der Waals surface area contributed by atoms with Crippen molar-refractivity contribution in [2.24, 2.45) is 5.73 Å². The summed E-state index contributed by atoms with van der Waals surface area (Å²) in [5.41, 5.74) is 7.36. The standard InChI is InChI=1S/C24H24FN7O3.ClH/c1-14-11-17(20(25)19(12-14)35-10-9-33)18(13-15-3-5-16(6-4-15)21(26)27)22-30-24(34)32(31-22)23-28-7-2-8-29-23;/h2-8,11-12,18,33H,9-10,13H2,1H3,(H3,26,27)(H,30,31,34);1H/t18-;/m1./s1. The maximum Gasteiger partial charge on any atom is 0.350 e. The average molecular weight is 514 g/mol. The smallest absolute Gasteiger partial charge is 0.350 e. The molecule has 0 aliphatic heterocycles. The first-order valence-electron chi connectivity index (χ1n) is 10.8. The summed E-state index contributed by atoms with van der Waals surface area (Å²) in [6.07, 6.45) is 3.25. The van der Waals surface area contributed by atoms with Crippen LogP contribution in [0.15, 0.2) is 59.7 Å². The van der Waals surface area contributed by atoms with Gasteiger partial charge in [-0.05, 0) is 36.6 Å². The van der Waals surface area contributed by atoms with Gasteiger partial charge in [0.25, 0.3) is 5.95 Å². The van der Waals surface area contributed by atoms with Crippen LogP contribution >= 0.6 is 12.4 Å². The summed E-state index contributed by atoms with van der Waals surface area (Å²) in [4.78, 5) is 23.5. The van der Waals surface area contributed by atoms with Crippen LogP contribution in [0.2, 0.25) is 0 Å². The number of aromatic nitrogens is 5. The topological polar surface area (TPSA) is 156 Å². The Morgan fingerprint density at radius 2 is 1.94 bits per heavy atom. The molecule has 0 spiro atoms. The molecule has 5 N–H and O–H groups in total. The van der Waals surface area contributed by atoms with Crippen LogP contribution < -0.4 is 16.2 Å². The number of benzene rings is 2. The first-order valence-corrected chi connectivity index (χ1v) is 10.8. The van der Waals surface area contributed by atoms with Gasteiger partial charge in [0.15, 0.2) is 11.6 Å². The molecular weight excluding hydrogens is 489 g/mol. The second kappa shape index (κ2) is 11.6. The van der Waals surface area contributed by atoms with Crippen molar-refractivity contribution >= 4 is 18.2 Å². The maximum atomic E-state index is 15.6. The third kappa shape index (κ3) is 5.75. The number of nitrogens with one attached hydrogen (secondary N) is 2. The van der Waals surface area contributed by atoms with Crippen LogP contribution in [0, 0.1) is 18.2 Å². The summed E-state index contributed by atoms with van der Waals surface area (Å²) in [6, 6.07) is 11.8. The normalized spacial score (nSPS) is 11.5. The Morgan fingerprint density at radius 3 is 2.58 bits per heavy atom. The number of H-pyrrole nitrogens is 1. The highest BCUT2D eigenvalue weighted by molar-refractivity contribution is 5.94. The van der Waals surface area contributed by atoms with E-state index >= 15 is 4.39 Å². The molecule has 2 aromatic heterocycles. The van der Waals surface area contributed by atoms with Gasteiger partial charge in [0, 0.05) is 23.5 Å². The molecule has 0 bridgehead atoms. The number of nitrogens with zero attached hydrogens (tertiary/aromatic N) is 4. The second-order valence-electron chi connectivity index (χ2n) is 7.88. The molecule has 4 rings (SSSR count). The van der Waals surface area contributed by atoms with E-state index in [1.165, 1.54) is 12.4 Å². The molecule has 188 valence electrons. The van der Waals surface area contributed by atoms with Crippen molar-refractivity contribution in [1.82, 2.24) is 24.7 Å². The third-order valence-corrected chi connectivity index (χ3v) is 5.35. The number of ether oxygens (including phenoxy) is 1. The summed E-state index contributed by atoms with van der Waals surface area (Å²) in [7, 11) is 0. The van der Waals surface area contributed by atoms with Crippen molar-refractivity contribution in [2.45, 2.75) is 19.3 Å². The molecule has 0 amide bonds. The predicted molar refractivity (Wildman–Crippen MR) is 134 cm³/mol. The number of nitrogens with two attached hydrogens (primary N) is 1. The van der Waals surface area contributed by atoms with Crippen LogP contribution in [0.25, 0.3) is 5.95 Å². The fourth-order valence-corrected chi connectivity index (χ4v) is 3.72. The van der Waals surface area contributed by atoms with E-state index in [2.05, 4.69) is 20.1 Å². The van der Waals surface area contributed by atoms with Crippen LogP contribution in [0.4, 0.5) is 4.39 Å². The number of aliphatic hydroxyl groups is 1. The summed E-state index contributed by atoms with van der Waals surface area (Å²) in [5.74, 6) is -1.07. The van der Waals surface area contributed by atoms with E-state index in [0.717, 1.165) is 15.8 Å². The number of halogens is 2. The van der Waals surface area contributed by atoms with E-state index in [4.69, 9.17) is 21.0 Å². The Bertz CT molecular complexity index is 1390. The summed E-state index contributed by atoms with van der Waals surface area (Å²) >= 11 is 0. The van der Waals surface area contributed by atoms with Gasteiger partial charge in [-0.25, -0.2) is 19.2 Å². The van der Waals surface area contributed by atoms with Gasteiger partial charge in [0.05, 0.1) is 12.5 Å². The summed E-state index contributed by atoms with van der Waals surface area (Å²) in [6.45, 7) is 1.48. The minimum absolute atomic E-state index is 0. The molecule has 1 atom stereocenters. The zero-order valence-corrected chi connectivity index (χ0v) is 20.1. The lowest BCUT2D eigenvalue weighted by Crippen LogP contribution is -2.18. The van der Waals surface area contributed by atoms with Crippen molar-refractivity contribution < 1.29 is 14.2 Å². The monoisotopic (exact) mass is 513 g/mol. The predicted octanol–water partition coefficient (Wildman–Crippen LogP) is 2.25. The van der Waals surface area contributed by atoms with Crippen molar-refractivity contribution in [1.29, 1.82) is 5.41 Å². The van der Waals surface area contributed by atoms with Crippen LogP contribution in [0.5, 0.6) is 5.75 Å². The van der Waals surface area contributed by atoms with E-state index in [0.29, 0.717) is 5.56 Å². The highest BCUT2D eigenvalue weighted by Crippen LogP contribution is 2.33. The molecule has 10 nitrogen and oxygen atoms in total. The van der Waals surface area contributed by atoms with Crippen LogP contribution in [0.3, 0.4) is 0 Å². The first-order chi connectivity index (χ1) is 16.9. The SMILES string of the molecule is Cc1cc(OCCO)c(F)c([C@@H](Cc2ccc(C(=N)N)cc2)c2nn(-c3ncccn3)c(=O)[nH]2)c1.Cl. The third-order valence-electron chi connectivity index (χ3n) is 5.35. The average Bonchev–Trinajstić information content (AvgIpc) is 3.25. The lowest BCUT2D eigenvalue weighted by atomic mass is 9.89. The Labute approximate surface area is 211 Å². The first kappa shape index (κ1) is 26.5. The molecule has 0 saturated carbocycles. The molecular formula is C24H25ClFN7O3. The molecule has 36 heavy (non-hydrogen) atoms. The van der Waals surface area contributed by atoms with E-state index in [1.54, 1.807) is 49.4 Å². The molecule has 0 aliphatic carbocycles. The quantitative estimate of drug-likeness (QED) is 0.197. The summed E-state index contributed by atoms with van der Waals surface area (Å²) < 4.78 is 22.0. The van der Waals surface area contributed by atoms with Crippen molar-refractivity contribution in [2.75, 3.05) is 13.2 Å². The lowest BCUT2D eigenvalue weighted by molar-refractivity contribution is 0.196. The molecule has 0 radical (unpaired) electrons. The lowest BCUT2D eigenvalue weighted by Gasteiger charge is -2.19. The van der Waals surface area contributed by atoms with Gasteiger partial charge in [-0.3, -0.25) is 10.4 Å². The highest BCUT2D eigenvalue weighted by atomic mass is 35.5. The van der Waals surface area contributed by atoms with Gasteiger partial charge in [-0.2, -0.15) is 0 Å². The van der Waals surface area contributed by atoms with Crippen LogP contribution in [-0.2, 0) is 6.42 Å². The number of aryl methyl sites for hydroxylation is 1. The molecule has 0 fully saturated rings. The number of nitrogen functional groups attached to an aromatic ring is 1. The van der Waals surface area contributed by atoms with Gasteiger partial charge in [-0.15, -0.1) is 22.2 Å². The zero-order valence-electron chi connectivity index (χ0n) is 19.3. The number of aliphatic hydroxyl groups excluding tert-OH is 1. The van der Waals surface area contributed by atoms with E-state index in [1.807, 2.05) is 0 Å². The largest absolute Gasteiger partial charge is 0.488 e. The zero-order chi connectivity index (χ0) is 24.9. The molecule has 2 heterocycles. The van der Waals surface area contributed by atoms with Crippen LogP contribution in [-0.4, -0.2) is 48.9 Å². The Hall–Kier alpha value is -4.09. The van der Waals surface area contributed by atoms with Crippen molar-refractivity contribution in [3.05, 3.63) is 99.2 Å². The van der Waals surface area contributed by atoms with Gasteiger partial charge < -0.3 is 15.6 Å². The molecule has 2 aromatic carbocycles. The van der Waals surface area contributed by atoms with Gasteiger partial charge in [0.1, 0.15) is 18.3 Å². The molecule has 12 heteroatoms. The molecule has 0 saturated heterocycles. The van der Waals surface area contributed by atoms with E-state index < -0.39 is 17.4 Å². The van der Waals surface area contributed by atoms with Gasteiger partial charge in [-0.1, -0.05) is 30.3 Å².